The van der Waals surface area contributed by atoms with E-state index in [2.05, 4.69) is 0 Å². The van der Waals surface area contributed by atoms with Crippen LogP contribution < -0.4 is 4.46 Å². The zero-order valence-electron chi connectivity index (χ0n) is 14.7. The minimum atomic E-state index is -2.50. The monoisotopic (exact) mass is 427 g/mol. The van der Waals surface area contributed by atoms with Crippen molar-refractivity contribution in [2.45, 2.75) is 11.4 Å². The maximum absolute atomic E-state index is 14.0. The first-order valence-corrected chi connectivity index (χ1v) is 10.3. The molecule has 4 rings (SSSR count). The molecule has 1 spiro atoms. The zero-order valence-corrected chi connectivity index (χ0v) is 16.4. The Kier molecular flexibility index (Phi) is 4.39. The maximum atomic E-state index is 14.0. The molecule has 5 heteroatoms. The number of halogens is 1. The molecule has 1 aliphatic heterocycles. The van der Waals surface area contributed by atoms with Gasteiger partial charge in [0.25, 0.3) is 0 Å². The Balaban J connectivity index is 1.92. The van der Waals surface area contributed by atoms with E-state index in [-0.39, 0.29) is 20.9 Å². The number of carbonyl (C=O) groups excluding carboxylic acids is 1. The van der Waals surface area contributed by atoms with Crippen molar-refractivity contribution in [1.29, 1.82) is 0 Å². The van der Waals surface area contributed by atoms with Gasteiger partial charge in [-0.3, -0.25) is 0 Å². The molecule has 0 bridgehead atoms. The normalized spacial score (nSPS) is 27.1. The van der Waals surface area contributed by atoms with Crippen molar-refractivity contribution in [2.75, 3.05) is 7.05 Å². The molecular formula is C22H18FNO2Se. The molecule has 1 amide bonds. The number of aliphatic hydroxyl groups is 1. The summed E-state index contributed by atoms with van der Waals surface area (Å²) >= 11 is -0.202. The first-order chi connectivity index (χ1) is 12.9. The Bertz CT molecular complexity index is 948. The van der Waals surface area contributed by atoms with Crippen LogP contribution >= 0.6 is 0 Å². The van der Waals surface area contributed by atoms with Gasteiger partial charge in [0.2, 0.25) is 0 Å². The van der Waals surface area contributed by atoms with Gasteiger partial charge in [-0.15, -0.1) is 0 Å². The molecule has 1 aliphatic carbocycles. The Morgan fingerprint density at radius 3 is 2.07 bits per heavy atom. The Hall–Kier alpha value is -2.46. The topological polar surface area (TPSA) is 40.5 Å². The summed E-state index contributed by atoms with van der Waals surface area (Å²) in [6, 6.07) is 19.6. The first-order valence-electron chi connectivity index (χ1n) is 8.56. The van der Waals surface area contributed by atoms with Crippen LogP contribution in [0.25, 0.3) is 5.57 Å². The second-order valence-electron chi connectivity index (χ2n) is 6.57. The molecule has 0 fully saturated rings. The van der Waals surface area contributed by atoms with E-state index in [0.29, 0.717) is 0 Å². The van der Waals surface area contributed by atoms with E-state index in [1.807, 2.05) is 60.7 Å². The number of likely N-dealkylation sites (N-methyl/N-ethyl adjacent to an activating group) is 1. The quantitative estimate of drug-likeness (QED) is 0.605. The molecule has 1 heterocycles. The standard InChI is InChI=1S/C22H18FNO2Se/c1-24-20(25)19(27-17-10-6-3-7-11-17)18(16-8-4-2-5-9-16)21(24)12-14-22(23,26)15-13-21/h2-15,26H,1H3. The van der Waals surface area contributed by atoms with Gasteiger partial charge in [-0.2, -0.15) is 0 Å². The van der Waals surface area contributed by atoms with Crippen LogP contribution in [0.15, 0.2) is 89.4 Å². The van der Waals surface area contributed by atoms with Gasteiger partial charge in [-0.25, -0.2) is 0 Å². The fraction of sp³-hybridized carbons (Fsp3) is 0.136. The van der Waals surface area contributed by atoms with Gasteiger partial charge in [0.05, 0.1) is 0 Å². The number of carbonyl (C=O) groups is 1. The molecule has 1 N–H and O–H groups in total. The summed E-state index contributed by atoms with van der Waals surface area (Å²) in [5.41, 5.74) is 0.867. The molecule has 3 nitrogen and oxygen atoms in total. The van der Waals surface area contributed by atoms with E-state index in [4.69, 9.17) is 0 Å². The summed E-state index contributed by atoms with van der Waals surface area (Å²) in [5, 5.41) is 9.67. The van der Waals surface area contributed by atoms with Gasteiger partial charge in [0.15, 0.2) is 0 Å². The van der Waals surface area contributed by atoms with E-state index in [9.17, 15) is 14.3 Å². The average molecular weight is 426 g/mol. The van der Waals surface area contributed by atoms with Gasteiger partial charge in [-0.05, 0) is 0 Å². The minimum absolute atomic E-state index is 0.0729. The zero-order chi connectivity index (χ0) is 19.1. The van der Waals surface area contributed by atoms with E-state index < -0.39 is 11.4 Å². The molecule has 2 aromatic rings. The Morgan fingerprint density at radius 1 is 0.926 bits per heavy atom. The second kappa shape index (κ2) is 6.61. The number of alkyl halides is 1. The fourth-order valence-corrected chi connectivity index (χ4v) is 5.82. The number of benzene rings is 2. The summed E-state index contributed by atoms with van der Waals surface area (Å²) in [5.74, 6) is -2.57. The molecule has 0 saturated carbocycles. The molecule has 0 aromatic heterocycles. The predicted octanol–water partition coefficient (Wildman–Crippen LogP) is 2.42. The van der Waals surface area contributed by atoms with Gasteiger partial charge >= 0.3 is 164 Å². The average Bonchev–Trinajstić information content (AvgIpc) is 2.88. The van der Waals surface area contributed by atoms with Crippen LogP contribution in [0.4, 0.5) is 4.39 Å². The molecule has 136 valence electrons. The Morgan fingerprint density at radius 2 is 1.48 bits per heavy atom. The van der Waals surface area contributed by atoms with Crippen LogP contribution in [-0.2, 0) is 4.79 Å². The van der Waals surface area contributed by atoms with Gasteiger partial charge in [0.1, 0.15) is 0 Å². The van der Waals surface area contributed by atoms with Crippen molar-refractivity contribution in [2.24, 2.45) is 0 Å². The van der Waals surface area contributed by atoms with Crippen LogP contribution in [0, 0.1) is 0 Å². The number of nitrogens with zero attached hydrogens (tertiary/aromatic N) is 1. The van der Waals surface area contributed by atoms with Crippen molar-refractivity contribution in [3.05, 3.63) is 95.0 Å². The van der Waals surface area contributed by atoms with E-state index in [1.54, 1.807) is 24.1 Å². The van der Waals surface area contributed by atoms with Crippen LogP contribution in [0.2, 0.25) is 0 Å². The SMILES string of the molecule is CN1C(=O)C([Se]c2ccccc2)=C(c2ccccc2)C12C=CC(O)(F)C=C2. The third kappa shape index (κ3) is 3.08. The molecule has 2 aromatic carbocycles. The third-order valence-electron chi connectivity index (χ3n) is 4.85. The van der Waals surface area contributed by atoms with Crippen molar-refractivity contribution in [1.82, 2.24) is 4.90 Å². The molecular weight excluding hydrogens is 408 g/mol. The summed E-state index contributed by atoms with van der Waals surface area (Å²) in [7, 11) is 1.72. The first kappa shape index (κ1) is 17.9. The van der Waals surface area contributed by atoms with Crippen LogP contribution in [0.1, 0.15) is 5.56 Å². The number of hydrogen-bond acceptors (Lipinski definition) is 2. The van der Waals surface area contributed by atoms with Crippen LogP contribution in [0.3, 0.4) is 0 Å². The van der Waals surface area contributed by atoms with Crippen molar-refractivity contribution >= 4 is 30.9 Å². The van der Waals surface area contributed by atoms with Gasteiger partial charge < -0.3 is 0 Å². The molecule has 0 unspecified atom stereocenters. The Labute approximate surface area is 163 Å². The van der Waals surface area contributed by atoms with Gasteiger partial charge in [-0.1, -0.05) is 0 Å². The summed E-state index contributed by atoms with van der Waals surface area (Å²) in [6.07, 6.45) is 5.39. The third-order valence-corrected chi connectivity index (χ3v) is 7.14. The molecule has 2 aliphatic rings. The molecule has 0 atom stereocenters. The summed E-state index contributed by atoms with van der Waals surface area (Å²) in [4.78, 5) is 14.8. The van der Waals surface area contributed by atoms with Crippen molar-refractivity contribution in [3.8, 4) is 0 Å². The molecule has 0 radical (unpaired) electrons. The number of amides is 1. The number of rotatable bonds is 3. The fourth-order valence-electron chi connectivity index (χ4n) is 3.43. The van der Waals surface area contributed by atoms with Crippen molar-refractivity contribution < 1.29 is 14.3 Å². The van der Waals surface area contributed by atoms with E-state index >= 15 is 0 Å². The second-order valence-corrected chi connectivity index (χ2v) is 8.84. The predicted molar refractivity (Wildman–Crippen MR) is 105 cm³/mol. The van der Waals surface area contributed by atoms with Crippen LogP contribution in [-0.4, -0.2) is 49.3 Å². The van der Waals surface area contributed by atoms with E-state index in [0.717, 1.165) is 32.2 Å². The molecule has 0 saturated heterocycles. The summed E-state index contributed by atoms with van der Waals surface area (Å²) < 4.78 is 15.8. The van der Waals surface area contributed by atoms with Crippen molar-refractivity contribution in [3.63, 3.8) is 0 Å². The van der Waals surface area contributed by atoms with E-state index in [1.165, 1.54) is 0 Å². The van der Waals surface area contributed by atoms with Gasteiger partial charge in [0, 0.05) is 0 Å². The van der Waals surface area contributed by atoms with Crippen LogP contribution in [0.5, 0.6) is 0 Å². The molecule has 27 heavy (non-hydrogen) atoms. The number of hydrogen-bond donors (Lipinski definition) is 1. The summed E-state index contributed by atoms with van der Waals surface area (Å²) in [6.45, 7) is 0.